The molecule has 1 N–H and O–H groups in total. The van der Waals surface area contributed by atoms with Gasteiger partial charge in [0.05, 0.1) is 41.6 Å². The van der Waals surface area contributed by atoms with Crippen LogP contribution in [-0.4, -0.2) is 49.5 Å². The Morgan fingerprint density at radius 1 is 1.04 bits per heavy atom. The molecule has 5 heterocycles. The van der Waals surface area contributed by atoms with Crippen LogP contribution in [0.15, 0.2) is 54.9 Å². The molecular formula is C38H34FN5O4. The molecule has 48 heavy (non-hydrogen) atoms. The van der Waals surface area contributed by atoms with Gasteiger partial charge in [-0.25, -0.2) is 4.39 Å². The topological polar surface area (TPSA) is 102 Å². The van der Waals surface area contributed by atoms with Crippen LogP contribution in [0.1, 0.15) is 35.6 Å². The van der Waals surface area contributed by atoms with Crippen LogP contribution in [0.25, 0.3) is 55.4 Å². The molecule has 2 aliphatic heterocycles. The minimum atomic E-state index is -1.00. The largest absolute Gasteiger partial charge is 0.490 e. The molecule has 0 saturated carbocycles. The molecule has 1 amide bonds. The Morgan fingerprint density at radius 2 is 1.88 bits per heavy atom. The van der Waals surface area contributed by atoms with E-state index in [-0.39, 0.29) is 18.1 Å². The standard InChI is InChI=1S/C38H34FN5O4/c1-20-26-6-5-13-48-38(26)30(39)16-27(20)35-28(18-34(46)47)21(2)36-37-29(35)17-33(44(37)12-11-43(36)22(3)45)24-9-10-40-31(15-24)23-7-8-32-25(14-23)19-41-42(32)4/h7-10,14-17,19H,5-6,11-13,18H2,1-4H3,(H,46,47). The molecule has 6 aromatic rings. The monoisotopic (exact) mass is 643 g/mol. The molecule has 0 unspecified atom stereocenters. The van der Waals surface area contributed by atoms with Gasteiger partial charge < -0.3 is 19.3 Å². The van der Waals surface area contributed by atoms with Gasteiger partial charge in [-0.3, -0.25) is 19.3 Å². The van der Waals surface area contributed by atoms with Gasteiger partial charge in [-0.2, -0.15) is 5.10 Å². The summed E-state index contributed by atoms with van der Waals surface area (Å²) in [5.74, 6) is -1.29. The summed E-state index contributed by atoms with van der Waals surface area (Å²) < 4.78 is 25.5. The maximum Gasteiger partial charge on any atom is 0.307 e. The SMILES string of the molecule is CC(=O)N1CCn2c(-c3ccnc(-c4ccc5c(cnn5C)c4)c3)cc3c(-c4cc(F)c5c(c4C)CCCO5)c(CC(=O)O)c(C)c1c32. The summed E-state index contributed by atoms with van der Waals surface area (Å²) in [5, 5.41) is 16.3. The second-order valence-electron chi connectivity index (χ2n) is 12.8. The van der Waals surface area contributed by atoms with E-state index >= 15 is 4.39 Å². The molecular weight excluding hydrogens is 609 g/mol. The fourth-order valence-electron chi connectivity index (χ4n) is 7.76. The number of ether oxygens (including phenoxy) is 1. The molecule has 9 nitrogen and oxygen atoms in total. The second-order valence-corrected chi connectivity index (χ2v) is 12.8. The number of hydrogen-bond donors (Lipinski definition) is 1. The predicted molar refractivity (Wildman–Crippen MR) is 183 cm³/mol. The zero-order valence-corrected chi connectivity index (χ0v) is 27.2. The Kier molecular flexibility index (Phi) is 6.87. The van der Waals surface area contributed by atoms with Crippen LogP contribution in [0.4, 0.5) is 10.1 Å². The third kappa shape index (κ3) is 4.50. The Balaban J connectivity index is 1.42. The number of halogens is 1. The van der Waals surface area contributed by atoms with Gasteiger partial charge in [0, 0.05) is 66.4 Å². The summed E-state index contributed by atoms with van der Waals surface area (Å²) >= 11 is 0. The minimum Gasteiger partial charge on any atom is -0.490 e. The Morgan fingerprint density at radius 3 is 2.67 bits per heavy atom. The van der Waals surface area contributed by atoms with E-state index in [1.165, 1.54) is 13.0 Å². The van der Waals surface area contributed by atoms with Gasteiger partial charge in [0.25, 0.3) is 0 Å². The first-order valence-corrected chi connectivity index (χ1v) is 16.1. The number of aliphatic carboxylic acids is 1. The molecule has 0 atom stereocenters. The molecule has 0 spiro atoms. The summed E-state index contributed by atoms with van der Waals surface area (Å²) in [7, 11) is 1.91. The molecule has 0 aliphatic carbocycles. The molecule has 242 valence electrons. The average Bonchev–Trinajstić information content (AvgIpc) is 3.65. The van der Waals surface area contributed by atoms with Crippen molar-refractivity contribution < 1.29 is 23.8 Å². The summed E-state index contributed by atoms with van der Waals surface area (Å²) in [4.78, 5) is 31.9. The maximum atomic E-state index is 15.8. The van der Waals surface area contributed by atoms with E-state index in [9.17, 15) is 14.7 Å². The first-order valence-electron chi connectivity index (χ1n) is 16.1. The van der Waals surface area contributed by atoms with Crippen LogP contribution in [0.3, 0.4) is 0 Å². The van der Waals surface area contributed by atoms with E-state index in [1.54, 1.807) is 11.1 Å². The lowest BCUT2D eigenvalue weighted by atomic mass is 9.84. The van der Waals surface area contributed by atoms with Crippen LogP contribution in [-0.2, 0) is 36.0 Å². The second kappa shape index (κ2) is 11.0. The number of carboxylic acids is 1. The third-order valence-electron chi connectivity index (χ3n) is 10.0. The van der Waals surface area contributed by atoms with E-state index in [1.807, 2.05) is 50.0 Å². The van der Waals surface area contributed by atoms with Crippen molar-refractivity contribution in [3.63, 3.8) is 0 Å². The van der Waals surface area contributed by atoms with Gasteiger partial charge in [-0.1, -0.05) is 6.07 Å². The lowest BCUT2D eigenvalue weighted by molar-refractivity contribution is -0.136. The van der Waals surface area contributed by atoms with Crippen LogP contribution < -0.4 is 9.64 Å². The van der Waals surface area contributed by atoms with Crippen LogP contribution in [0.2, 0.25) is 0 Å². The van der Waals surface area contributed by atoms with Crippen molar-refractivity contribution >= 4 is 39.4 Å². The lowest BCUT2D eigenvalue weighted by Crippen LogP contribution is -2.36. The number of pyridine rings is 1. The molecule has 2 aliphatic rings. The number of carbonyl (C=O) groups is 2. The number of nitrogens with zero attached hydrogens (tertiary/aromatic N) is 5. The van der Waals surface area contributed by atoms with Crippen LogP contribution in [0.5, 0.6) is 5.75 Å². The fraction of sp³-hybridized carbons (Fsp3) is 0.263. The van der Waals surface area contributed by atoms with Crippen molar-refractivity contribution in [1.29, 1.82) is 0 Å². The number of amides is 1. The number of aryl methyl sites for hydroxylation is 1. The third-order valence-corrected chi connectivity index (χ3v) is 10.0. The van der Waals surface area contributed by atoms with Crippen molar-refractivity contribution in [2.45, 2.75) is 46.6 Å². The number of carboxylic acid groups (broad SMARTS) is 1. The van der Waals surface area contributed by atoms with Gasteiger partial charge in [-0.05, 0) is 90.9 Å². The summed E-state index contributed by atoms with van der Waals surface area (Å²) in [6.07, 6.45) is 4.81. The lowest BCUT2D eigenvalue weighted by Gasteiger charge is -2.32. The number of fused-ring (bicyclic) bond motifs is 2. The Bertz CT molecular complexity index is 2350. The summed E-state index contributed by atoms with van der Waals surface area (Å²) in [6, 6.07) is 13.7. The number of carbonyl (C=O) groups excluding carboxylic acids is 1. The first kappa shape index (κ1) is 29.9. The highest BCUT2D eigenvalue weighted by atomic mass is 19.1. The zero-order valence-electron chi connectivity index (χ0n) is 27.2. The quantitative estimate of drug-likeness (QED) is 0.217. The fourth-order valence-corrected chi connectivity index (χ4v) is 7.76. The first-order chi connectivity index (χ1) is 23.1. The van der Waals surface area contributed by atoms with E-state index in [2.05, 4.69) is 27.9 Å². The summed E-state index contributed by atoms with van der Waals surface area (Å²) in [5.41, 5.74) is 10.4. The van der Waals surface area contributed by atoms with Crippen molar-refractivity contribution in [3.8, 4) is 39.4 Å². The van der Waals surface area contributed by atoms with Crippen molar-refractivity contribution in [1.82, 2.24) is 19.3 Å². The Hall–Kier alpha value is -5.51. The molecule has 0 radical (unpaired) electrons. The number of aromatic nitrogens is 4. The Labute approximate surface area is 276 Å². The van der Waals surface area contributed by atoms with Crippen LogP contribution in [0, 0.1) is 19.7 Å². The minimum absolute atomic E-state index is 0.118. The van der Waals surface area contributed by atoms with Crippen molar-refractivity contribution in [2.75, 3.05) is 18.1 Å². The highest BCUT2D eigenvalue weighted by Crippen LogP contribution is 2.49. The van der Waals surface area contributed by atoms with Gasteiger partial charge >= 0.3 is 5.97 Å². The van der Waals surface area contributed by atoms with Gasteiger partial charge in [-0.15, -0.1) is 0 Å². The van der Waals surface area contributed by atoms with E-state index in [0.717, 1.165) is 61.9 Å². The predicted octanol–water partition coefficient (Wildman–Crippen LogP) is 7.00. The average molecular weight is 644 g/mol. The van der Waals surface area contributed by atoms with Gasteiger partial charge in [0.1, 0.15) is 0 Å². The van der Waals surface area contributed by atoms with Gasteiger partial charge in [0.2, 0.25) is 5.91 Å². The van der Waals surface area contributed by atoms with Crippen molar-refractivity contribution in [2.24, 2.45) is 7.05 Å². The molecule has 0 saturated heterocycles. The molecule has 3 aromatic carbocycles. The number of anilines is 1. The number of rotatable bonds is 5. The highest BCUT2D eigenvalue weighted by molar-refractivity contribution is 6.13. The maximum absolute atomic E-state index is 15.8. The van der Waals surface area contributed by atoms with E-state index in [4.69, 9.17) is 9.72 Å². The molecule has 8 rings (SSSR count). The summed E-state index contributed by atoms with van der Waals surface area (Å²) in [6.45, 7) is 6.80. The normalized spacial score (nSPS) is 14.0. The smallest absolute Gasteiger partial charge is 0.307 e. The number of hydrogen-bond acceptors (Lipinski definition) is 5. The van der Waals surface area contributed by atoms with Gasteiger partial charge in [0.15, 0.2) is 11.6 Å². The molecule has 0 fully saturated rings. The van der Waals surface area contributed by atoms with Crippen LogP contribution >= 0.6 is 0 Å². The molecule has 10 heteroatoms. The van der Waals surface area contributed by atoms with E-state index in [0.29, 0.717) is 54.1 Å². The molecule has 3 aromatic heterocycles. The highest BCUT2D eigenvalue weighted by Gasteiger charge is 2.33. The van der Waals surface area contributed by atoms with E-state index < -0.39 is 11.8 Å². The molecule has 0 bridgehead atoms. The number of benzene rings is 3. The zero-order chi connectivity index (χ0) is 33.4. The van der Waals surface area contributed by atoms with Crippen molar-refractivity contribution in [3.05, 3.63) is 82.9 Å².